The molecule has 1 amide bonds. The summed E-state index contributed by atoms with van der Waals surface area (Å²) in [7, 11) is 0. The second-order valence-corrected chi connectivity index (χ2v) is 5.84. The summed E-state index contributed by atoms with van der Waals surface area (Å²) in [5.74, 6) is -0.900. The van der Waals surface area contributed by atoms with Gasteiger partial charge in [-0.1, -0.05) is 6.07 Å². The molecule has 0 saturated carbocycles. The van der Waals surface area contributed by atoms with Crippen LogP contribution in [0.25, 0.3) is 22.3 Å². The van der Waals surface area contributed by atoms with E-state index >= 15 is 0 Å². The first-order chi connectivity index (χ1) is 12.8. The Labute approximate surface area is 150 Å². The molecule has 2 bridgehead atoms. The van der Waals surface area contributed by atoms with Crippen LogP contribution in [0.3, 0.4) is 0 Å². The second-order valence-electron chi connectivity index (χ2n) is 5.84. The maximum atomic E-state index is 12.9. The van der Waals surface area contributed by atoms with Gasteiger partial charge in [-0.2, -0.15) is 13.2 Å². The summed E-state index contributed by atoms with van der Waals surface area (Å²) < 4.78 is 44.1. The standard InChI is InChI=1S/C19H11F3N2O3/c20-19(21,22)11-2-1-3-12(8-11)24-18(26)16-15(10-4-6-23-7-5-10)14-9-13(25)17(16)27-14/h1-9,25H,(H,24,26). The van der Waals surface area contributed by atoms with E-state index in [4.69, 9.17) is 4.42 Å². The molecule has 136 valence electrons. The number of phenolic OH excluding ortho intramolecular Hbond substituents is 1. The number of carbonyl (C=O) groups excluding carboxylic acids is 1. The van der Waals surface area contributed by atoms with Gasteiger partial charge in [0.25, 0.3) is 5.91 Å². The minimum atomic E-state index is -4.52. The van der Waals surface area contributed by atoms with E-state index in [9.17, 15) is 23.1 Å². The summed E-state index contributed by atoms with van der Waals surface area (Å²) in [5.41, 5.74) is 0.492. The summed E-state index contributed by atoms with van der Waals surface area (Å²) in [6.07, 6.45) is -1.46. The summed E-state index contributed by atoms with van der Waals surface area (Å²) in [5, 5.41) is 12.4. The maximum absolute atomic E-state index is 12.9. The molecular formula is C19H11F3N2O3. The number of nitrogens with one attached hydrogen (secondary N) is 1. The van der Waals surface area contributed by atoms with Crippen LogP contribution in [0.2, 0.25) is 0 Å². The third-order valence-electron chi connectivity index (χ3n) is 4.08. The summed E-state index contributed by atoms with van der Waals surface area (Å²) in [6, 6.07) is 9.01. The highest BCUT2D eigenvalue weighted by Crippen LogP contribution is 2.42. The van der Waals surface area contributed by atoms with Crippen LogP contribution in [0.15, 0.2) is 59.3 Å². The van der Waals surface area contributed by atoms with Gasteiger partial charge in [0.15, 0.2) is 11.3 Å². The Hall–Kier alpha value is -3.55. The van der Waals surface area contributed by atoms with Crippen molar-refractivity contribution in [2.75, 3.05) is 5.32 Å². The third-order valence-corrected chi connectivity index (χ3v) is 4.08. The number of fused-ring (bicyclic) bond motifs is 2. The number of amides is 1. The van der Waals surface area contributed by atoms with E-state index in [0.717, 1.165) is 12.1 Å². The van der Waals surface area contributed by atoms with Gasteiger partial charge >= 0.3 is 6.18 Å². The van der Waals surface area contributed by atoms with Crippen molar-refractivity contribution in [1.29, 1.82) is 0 Å². The van der Waals surface area contributed by atoms with Crippen LogP contribution in [0.5, 0.6) is 5.75 Å². The molecule has 2 N–H and O–H groups in total. The van der Waals surface area contributed by atoms with Crippen molar-refractivity contribution >= 4 is 22.8 Å². The summed E-state index contributed by atoms with van der Waals surface area (Å²) in [4.78, 5) is 16.7. The molecule has 0 aliphatic rings. The molecule has 0 saturated heterocycles. The first-order valence-corrected chi connectivity index (χ1v) is 7.81. The van der Waals surface area contributed by atoms with Crippen LogP contribution >= 0.6 is 0 Å². The van der Waals surface area contributed by atoms with Crippen LogP contribution in [-0.4, -0.2) is 16.0 Å². The molecule has 5 nitrogen and oxygen atoms in total. The lowest BCUT2D eigenvalue weighted by atomic mass is 9.99. The fourth-order valence-electron chi connectivity index (χ4n) is 2.91. The lowest BCUT2D eigenvalue weighted by molar-refractivity contribution is -0.137. The highest BCUT2D eigenvalue weighted by atomic mass is 19.4. The SMILES string of the molecule is O=C(Nc1cccc(C(F)(F)F)c1)c1c(-c2ccncc2)c2cc(O)c1o2. The van der Waals surface area contributed by atoms with Gasteiger partial charge in [0.2, 0.25) is 0 Å². The van der Waals surface area contributed by atoms with Gasteiger partial charge in [-0.25, -0.2) is 0 Å². The average molecular weight is 372 g/mol. The fraction of sp³-hybridized carbons (Fsp3) is 0.0526. The number of aromatic nitrogens is 1. The Morgan fingerprint density at radius 3 is 2.56 bits per heavy atom. The number of carbonyl (C=O) groups is 1. The van der Waals surface area contributed by atoms with Crippen molar-refractivity contribution in [2.24, 2.45) is 0 Å². The predicted molar refractivity (Wildman–Crippen MR) is 91.7 cm³/mol. The monoisotopic (exact) mass is 372 g/mol. The van der Waals surface area contributed by atoms with Crippen molar-refractivity contribution < 1.29 is 27.5 Å². The van der Waals surface area contributed by atoms with E-state index in [1.807, 2.05) is 0 Å². The Morgan fingerprint density at radius 2 is 1.85 bits per heavy atom. The number of hydrogen-bond donors (Lipinski definition) is 2. The van der Waals surface area contributed by atoms with Crippen molar-refractivity contribution in [3.63, 3.8) is 0 Å². The van der Waals surface area contributed by atoms with Crippen molar-refractivity contribution in [1.82, 2.24) is 4.98 Å². The van der Waals surface area contributed by atoms with Crippen LogP contribution in [0.4, 0.5) is 18.9 Å². The normalized spacial score (nSPS) is 11.8. The first kappa shape index (κ1) is 16.9. The number of alkyl halides is 3. The van der Waals surface area contributed by atoms with Crippen molar-refractivity contribution in [2.45, 2.75) is 6.18 Å². The number of nitrogens with zero attached hydrogens (tertiary/aromatic N) is 1. The number of benzene rings is 2. The van der Waals surface area contributed by atoms with E-state index in [-0.39, 0.29) is 22.6 Å². The topological polar surface area (TPSA) is 75.4 Å². The maximum Gasteiger partial charge on any atom is 0.416 e. The summed E-state index contributed by atoms with van der Waals surface area (Å²) in [6.45, 7) is 0. The third kappa shape index (κ3) is 2.95. The molecule has 3 heterocycles. The Kier molecular flexibility index (Phi) is 3.76. The molecule has 27 heavy (non-hydrogen) atoms. The number of anilines is 1. The molecule has 0 unspecified atom stereocenters. The zero-order valence-electron chi connectivity index (χ0n) is 13.5. The number of rotatable bonds is 3. The molecular weight excluding hydrogens is 361 g/mol. The molecule has 4 rings (SSSR count). The second kappa shape index (κ2) is 6.01. The first-order valence-electron chi connectivity index (χ1n) is 7.81. The van der Waals surface area contributed by atoms with Crippen LogP contribution in [-0.2, 0) is 6.18 Å². The highest BCUT2D eigenvalue weighted by molar-refractivity contribution is 6.17. The Balaban J connectivity index is 1.75. The van der Waals surface area contributed by atoms with E-state index in [1.165, 1.54) is 30.6 Å². The van der Waals surface area contributed by atoms with Gasteiger partial charge in [0.05, 0.1) is 11.1 Å². The molecule has 8 heteroatoms. The Morgan fingerprint density at radius 1 is 1.11 bits per heavy atom. The van der Waals surface area contributed by atoms with Crippen LogP contribution in [0, 0.1) is 0 Å². The van der Waals surface area contributed by atoms with Crippen molar-refractivity contribution in [3.8, 4) is 16.9 Å². The van der Waals surface area contributed by atoms with Gasteiger partial charge in [0.1, 0.15) is 5.58 Å². The largest absolute Gasteiger partial charge is 0.504 e. The predicted octanol–water partition coefficient (Wildman–Crippen LogP) is 4.91. The average Bonchev–Trinajstić information content (AvgIpc) is 3.19. The van der Waals surface area contributed by atoms with Gasteiger partial charge in [-0.05, 0) is 35.9 Å². The van der Waals surface area contributed by atoms with E-state index in [2.05, 4.69) is 10.3 Å². The van der Waals surface area contributed by atoms with Crippen LogP contribution < -0.4 is 5.32 Å². The van der Waals surface area contributed by atoms with Gasteiger partial charge < -0.3 is 14.8 Å². The molecule has 0 aliphatic heterocycles. The molecule has 0 fully saturated rings. The molecule has 0 spiro atoms. The zero-order valence-corrected chi connectivity index (χ0v) is 13.5. The van der Waals surface area contributed by atoms with E-state index in [1.54, 1.807) is 12.1 Å². The van der Waals surface area contributed by atoms with Gasteiger partial charge in [-0.3, -0.25) is 9.78 Å². The molecule has 0 aliphatic carbocycles. The summed E-state index contributed by atoms with van der Waals surface area (Å²) >= 11 is 0. The molecule has 3 aromatic heterocycles. The number of hydrogen-bond acceptors (Lipinski definition) is 4. The van der Waals surface area contributed by atoms with Crippen molar-refractivity contribution in [3.05, 3.63) is 66.0 Å². The minimum absolute atomic E-state index is 0.0201. The van der Waals surface area contributed by atoms with Gasteiger partial charge in [-0.15, -0.1) is 0 Å². The minimum Gasteiger partial charge on any atom is -0.504 e. The number of pyridine rings is 1. The Bertz CT molecular complexity index is 1120. The number of halogens is 3. The highest BCUT2D eigenvalue weighted by Gasteiger charge is 2.31. The molecule has 0 radical (unpaired) electrons. The number of aromatic hydroxyl groups is 1. The molecule has 0 atom stereocenters. The molecule has 1 aromatic carbocycles. The van der Waals surface area contributed by atoms with E-state index < -0.39 is 17.6 Å². The number of furan rings is 2. The lowest BCUT2D eigenvalue weighted by Crippen LogP contribution is -2.14. The smallest absolute Gasteiger partial charge is 0.416 e. The lowest BCUT2D eigenvalue weighted by Gasteiger charge is -2.11. The fourth-order valence-corrected chi connectivity index (χ4v) is 2.91. The zero-order chi connectivity index (χ0) is 19.2. The van der Waals surface area contributed by atoms with Crippen LogP contribution in [0.1, 0.15) is 15.9 Å². The van der Waals surface area contributed by atoms with Gasteiger partial charge in [0, 0.05) is 29.7 Å². The quantitative estimate of drug-likeness (QED) is 0.536. The van der Waals surface area contributed by atoms with E-state index in [0.29, 0.717) is 16.7 Å². The molecule has 4 aromatic rings. The number of phenols is 1.